The van der Waals surface area contributed by atoms with Crippen LogP contribution in [0.4, 0.5) is 11.4 Å². The zero-order valence-corrected chi connectivity index (χ0v) is 17.4. The fraction of sp³-hybridized carbons (Fsp3) is 0.261. The van der Waals surface area contributed by atoms with Gasteiger partial charge in [-0.2, -0.15) is 0 Å². The molecule has 2 saturated heterocycles. The second kappa shape index (κ2) is 7.79. The lowest BCUT2D eigenvalue weighted by atomic mass is 10.0. The Bertz CT molecular complexity index is 1020. The van der Waals surface area contributed by atoms with Crippen LogP contribution in [0, 0.1) is 13.8 Å². The monoisotopic (exact) mass is 405 g/mol. The lowest BCUT2D eigenvalue weighted by Crippen LogP contribution is -2.54. The van der Waals surface area contributed by atoms with Crippen LogP contribution in [0.25, 0.3) is 6.08 Å². The first-order chi connectivity index (χ1) is 13.9. The van der Waals surface area contributed by atoms with E-state index in [2.05, 4.69) is 10.2 Å². The van der Waals surface area contributed by atoms with Crippen LogP contribution < -0.4 is 15.1 Å². The average molecular weight is 406 g/mol. The fourth-order valence-electron chi connectivity index (χ4n) is 3.68. The molecule has 0 unspecified atom stereocenters. The summed E-state index contributed by atoms with van der Waals surface area (Å²) in [5, 5.41) is 2.74. The van der Waals surface area contributed by atoms with Crippen LogP contribution in [0.15, 0.2) is 48.0 Å². The van der Waals surface area contributed by atoms with E-state index in [1.165, 1.54) is 23.4 Å². The van der Waals surface area contributed by atoms with Gasteiger partial charge in [0.2, 0.25) is 0 Å². The molecule has 6 heteroatoms. The summed E-state index contributed by atoms with van der Waals surface area (Å²) in [6.45, 7) is 6.13. The molecule has 0 radical (unpaired) electrons. The van der Waals surface area contributed by atoms with Gasteiger partial charge in [-0.05, 0) is 85.9 Å². The summed E-state index contributed by atoms with van der Waals surface area (Å²) < 4.78 is 0. The molecule has 0 bridgehead atoms. The van der Waals surface area contributed by atoms with Gasteiger partial charge in [0.05, 0.1) is 5.69 Å². The molecule has 0 spiro atoms. The van der Waals surface area contributed by atoms with Gasteiger partial charge in [0, 0.05) is 18.8 Å². The van der Waals surface area contributed by atoms with Crippen LogP contribution in [0.5, 0.6) is 0 Å². The molecule has 2 aliphatic rings. The molecule has 29 heavy (non-hydrogen) atoms. The quantitative estimate of drug-likeness (QED) is 0.480. The van der Waals surface area contributed by atoms with Gasteiger partial charge in [-0.25, -0.2) is 0 Å². The molecule has 2 fully saturated rings. The second-order valence-corrected chi connectivity index (χ2v) is 7.90. The number of nitrogens with zero attached hydrogens (tertiary/aromatic N) is 2. The number of anilines is 2. The van der Waals surface area contributed by atoms with E-state index in [-0.39, 0.29) is 10.7 Å². The first kappa shape index (κ1) is 19.3. The number of nitrogens with one attached hydrogen (secondary N) is 1. The first-order valence-corrected chi connectivity index (χ1v) is 10.2. The maximum absolute atomic E-state index is 13.1. The van der Waals surface area contributed by atoms with Crippen molar-refractivity contribution >= 4 is 46.6 Å². The molecule has 4 rings (SSSR count). The minimum absolute atomic E-state index is 0.0748. The summed E-state index contributed by atoms with van der Waals surface area (Å²) in [5.74, 6) is -0.880. The maximum atomic E-state index is 13.1. The molecule has 2 aromatic rings. The Morgan fingerprint density at radius 2 is 1.59 bits per heavy atom. The number of hydrogen-bond donors (Lipinski definition) is 1. The molecule has 2 aromatic carbocycles. The van der Waals surface area contributed by atoms with Crippen molar-refractivity contribution in [3.63, 3.8) is 0 Å². The van der Waals surface area contributed by atoms with E-state index in [1.54, 1.807) is 6.08 Å². The molecule has 0 aromatic heterocycles. The maximum Gasteiger partial charge on any atom is 0.270 e. The van der Waals surface area contributed by atoms with Crippen molar-refractivity contribution in [2.24, 2.45) is 0 Å². The summed E-state index contributed by atoms with van der Waals surface area (Å²) >= 11 is 5.28. The minimum Gasteiger partial charge on any atom is -0.372 e. The minimum atomic E-state index is -0.469. The van der Waals surface area contributed by atoms with Crippen molar-refractivity contribution in [3.05, 3.63) is 64.7 Å². The number of carbonyl (C=O) groups excluding carboxylic acids is 2. The smallest absolute Gasteiger partial charge is 0.270 e. The van der Waals surface area contributed by atoms with Gasteiger partial charge in [-0.3, -0.25) is 19.8 Å². The predicted octanol–water partition coefficient (Wildman–Crippen LogP) is 3.73. The number of thiocarbonyl (C=S) groups is 1. The van der Waals surface area contributed by atoms with E-state index in [1.807, 2.05) is 56.3 Å². The Kier molecular flexibility index (Phi) is 5.20. The SMILES string of the molecule is Cc1ccc(N2C(=O)/C(=C\c3ccc(N4CCCC4)cc3)C(=O)NC2=S)cc1C. The third-order valence-corrected chi connectivity index (χ3v) is 5.81. The number of carbonyl (C=O) groups is 2. The fourth-order valence-corrected chi connectivity index (χ4v) is 3.96. The summed E-state index contributed by atoms with van der Waals surface area (Å²) in [6, 6.07) is 13.6. The molecule has 148 valence electrons. The van der Waals surface area contributed by atoms with Crippen molar-refractivity contribution in [2.45, 2.75) is 26.7 Å². The Morgan fingerprint density at radius 1 is 0.931 bits per heavy atom. The molecule has 2 amide bonds. The molecular formula is C23H23N3O2S. The molecule has 2 aliphatic heterocycles. The van der Waals surface area contributed by atoms with Crippen molar-refractivity contribution in [1.29, 1.82) is 0 Å². The largest absolute Gasteiger partial charge is 0.372 e. The number of hydrogen-bond acceptors (Lipinski definition) is 4. The molecule has 0 atom stereocenters. The van der Waals surface area contributed by atoms with Crippen LogP contribution in [0.3, 0.4) is 0 Å². The number of benzene rings is 2. The Hall–Kier alpha value is -2.99. The van der Waals surface area contributed by atoms with E-state index >= 15 is 0 Å². The standard InChI is InChI=1S/C23H23N3O2S/c1-15-5-8-19(13-16(15)2)26-22(28)20(21(27)24-23(26)29)14-17-6-9-18(10-7-17)25-11-3-4-12-25/h5-10,13-14H,3-4,11-12H2,1-2H3,(H,24,27,29)/b20-14-. The van der Waals surface area contributed by atoms with Crippen LogP contribution in [-0.2, 0) is 9.59 Å². The summed E-state index contributed by atoms with van der Waals surface area (Å²) in [5.41, 5.74) is 4.88. The van der Waals surface area contributed by atoms with Gasteiger partial charge in [0.25, 0.3) is 11.8 Å². The van der Waals surface area contributed by atoms with Gasteiger partial charge in [0.1, 0.15) is 5.57 Å². The topological polar surface area (TPSA) is 52.7 Å². The lowest BCUT2D eigenvalue weighted by molar-refractivity contribution is -0.122. The van der Waals surface area contributed by atoms with Crippen molar-refractivity contribution in [3.8, 4) is 0 Å². The zero-order chi connectivity index (χ0) is 20.5. The summed E-state index contributed by atoms with van der Waals surface area (Å²) in [7, 11) is 0. The number of aryl methyl sites for hydroxylation is 2. The molecular weight excluding hydrogens is 382 g/mol. The van der Waals surface area contributed by atoms with Crippen molar-refractivity contribution in [1.82, 2.24) is 5.32 Å². The third-order valence-electron chi connectivity index (χ3n) is 5.53. The molecule has 0 aliphatic carbocycles. The number of rotatable bonds is 3. The van der Waals surface area contributed by atoms with Gasteiger partial charge in [-0.1, -0.05) is 18.2 Å². The van der Waals surface area contributed by atoms with Gasteiger partial charge in [0.15, 0.2) is 5.11 Å². The first-order valence-electron chi connectivity index (χ1n) is 9.78. The molecule has 0 saturated carbocycles. The lowest BCUT2D eigenvalue weighted by Gasteiger charge is -2.29. The van der Waals surface area contributed by atoms with Crippen LogP contribution in [-0.4, -0.2) is 30.0 Å². The van der Waals surface area contributed by atoms with E-state index in [0.29, 0.717) is 5.69 Å². The van der Waals surface area contributed by atoms with Crippen molar-refractivity contribution < 1.29 is 9.59 Å². The van der Waals surface area contributed by atoms with Crippen LogP contribution in [0.1, 0.15) is 29.5 Å². The predicted molar refractivity (Wildman–Crippen MR) is 120 cm³/mol. The van der Waals surface area contributed by atoms with E-state index < -0.39 is 11.8 Å². The Morgan fingerprint density at radius 3 is 2.24 bits per heavy atom. The van der Waals surface area contributed by atoms with Gasteiger partial charge >= 0.3 is 0 Å². The Labute approximate surface area is 176 Å². The normalized spacial score (nSPS) is 18.6. The number of amides is 2. The summed E-state index contributed by atoms with van der Waals surface area (Å²) in [6.07, 6.45) is 4.06. The highest BCUT2D eigenvalue weighted by atomic mass is 32.1. The second-order valence-electron chi connectivity index (χ2n) is 7.51. The highest BCUT2D eigenvalue weighted by molar-refractivity contribution is 7.80. The van der Waals surface area contributed by atoms with E-state index in [0.717, 1.165) is 29.8 Å². The zero-order valence-electron chi connectivity index (χ0n) is 16.6. The highest BCUT2D eigenvalue weighted by Gasteiger charge is 2.34. The van der Waals surface area contributed by atoms with Crippen molar-refractivity contribution in [2.75, 3.05) is 22.9 Å². The highest BCUT2D eigenvalue weighted by Crippen LogP contribution is 2.25. The van der Waals surface area contributed by atoms with Gasteiger partial charge < -0.3 is 4.90 Å². The molecule has 2 heterocycles. The molecule has 1 N–H and O–H groups in total. The van der Waals surface area contributed by atoms with E-state index in [4.69, 9.17) is 12.2 Å². The van der Waals surface area contributed by atoms with Crippen LogP contribution in [0.2, 0.25) is 0 Å². The third kappa shape index (κ3) is 3.80. The van der Waals surface area contributed by atoms with Gasteiger partial charge in [-0.15, -0.1) is 0 Å². The van der Waals surface area contributed by atoms with Crippen LogP contribution >= 0.6 is 12.2 Å². The Balaban J connectivity index is 1.63. The summed E-state index contributed by atoms with van der Waals surface area (Å²) in [4.78, 5) is 29.3. The van der Waals surface area contributed by atoms with E-state index in [9.17, 15) is 9.59 Å². The molecule has 5 nitrogen and oxygen atoms in total. The average Bonchev–Trinajstić information content (AvgIpc) is 3.23.